The number of halogens is 1. The molecule has 0 saturated carbocycles. The summed E-state index contributed by atoms with van der Waals surface area (Å²) >= 11 is 5.98. The second-order valence-corrected chi connectivity index (χ2v) is 11.8. The summed E-state index contributed by atoms with van der Waals surface area (Å²) in [5.41, 5.74) is 1.34. The van der Waals surface area contributed by atoms with Crippen LogP contribution in [0.3, 0.4) is 0 Å². The van der Waals surface area contributed by atoms with Crippen molar-refractivity contribution in [1.29, 1.82) is 0 Å². The molecule has 1 amide bonds. The minimum atomic E-state index is -3.43. The van der Waals surface area contributed by atoms with Crippen molar-refractivity contribution in [3.63, 3.8) is 0 Å². The molecule has 1 atom stereocenters. The van der Waals surface area contributed by atoms with Gasteiger partial charge in [0.1, 0.15) is 11.5 Å². The molecule has 0 unspecified atom stereocenters. The van der Waals surface area contributed by atoms with Crippen LogP contribution in [0.4, 0.5) is 11.4 Å². The standard InChI is InChI=1S/C25H32ClN3O5S/c1-25(2,3)34-24(31)20(17-18-9-11-19(26)12-10-18)23(30)29-15-13-28(14-16-29)22-8-6-5-7-21(22)27-35(4,32)33/h5-12,20,27H,13-17H2,1-4H3/t20-/m1/s1. The number of ether oxygens (including phenoxy) is 1. The van der Waals surface area contributed by atoms with Gasteiger partial charge in [0, 0.05) is 31.2 Å². The highest BCUT2D eigenvalue weighted by Gasteiger charge is 2.36. The molecule has 2 aromatic carbocycles. The van der Waals surface area contributed by atoms with Crippen LogP contribution >= 0.6 is 11.6 Å². The molecule has 1 N–H and O–H groups in total. The zero-order chi connectivity index (χ0) is 25.8. The van der Waals surface area contributed by atoms with Crippen molar-refractivity contribution in [2.45, 2.75) is 32.8 Å². The van der Waals surface area contributed by atoms with E-state index in [0.29, 0.717) is 36.9 Å². The van der Waals surface area contributed by atoms with Crippen LogP contribution in [0, 0.1) is 5.92 Å². The van der Waals surface area contributed by atoms with Gasteiger partial charge in [-0.3, -0.25) is 14.3 Å². The van der Waals surface area contributed by atoms with Crippen LogP contribution in [-0.4, -0.2) is 63.2 Å². The maximum absolute atomic E-state index is 13.5. The Kier molecular flexibility index (Phi) is 8.33. The van der Waals surface area contributed by atoms with Gasteiger partial charge in [-0.05, 0) is 57.0 Å². The summed E-state index contributed by atoms with van der Waals surface area (Å²) in [5.74, 6) is -1.81. The molecule has 1 heterocycles. The van der Waals surface area contributed by atoms with Crippen LogP contribution in [-0.2, 0) is 30.8 Å². The highest BCUT2D eigenvalue weighted by atomic mass is 35.5. The van der Waals surface area contributed by atoms with Gasteiger partial charge in [0.05, 0.1) is 17.6 Å². The number of para-hydroxylation sites is 2. The summed E-state index contributed by atoms with van der Waals surface area (Å²) in [6, 6.07) is 14.2. The average Bonchev–Trinajstić information content (AvgIpc) is 2.76. The number of anilines is 2. The average molecular weight is 522 g/mol. The van der Waals surface area contributed by atoms with Gasteiger partial charge in [0.15, 0.2) is 0 Å². The molecule has 0 bridgehead atoms. The SMILES string of the molecule is CC(C)(C)OC(=O)[C@H](Cc1ccc(Cl)cc1)C(=O)N1CCN(c2ccccc2NS(C)(=O)=O)CC1. The van der Waals surface area contributed by atoms with Crippen molar-refractivity contribution in [1.82, 2.24) is 4.90 Å². The van der Waals surface area contributed by atoms with Gasteiger partial charge in [-0.15, -0.1) is 0 Å². The molecule has 1 saturated heterocycles. The van der Waals surface area contributed by atoms with Gasteiger partial charge in [-0.2, -0.15) is 0 Å². The summed E-state index contributed by atoms with van der Waals surface area (Å²) in [4.78, 5) is 30.2. The minimum absolute atomic E-state index is 0.215. The van der Waals surface area contributed by atoms with Gasteiger partial charge in [-0.1, -0.05) is 35.9 Å². The largest absolute Gasteiger partial charge is 0.459 e. The molecule has 0 radical (unpaired) electrons. The maximum atomic E-state index is 13.5. The molecule has 2 aromatic rings. The number of carbonyl (C=O) groups excluding carboxylic acids is 2. The number of sulfonamides is 1. The van der Waals surface area contributed by atoms with E-state index in [9.17, 15) is 18.0 Å². The Bertz CT molecular complexity index is 1150. The Hall–Kier alpha value is -2.78. The lowest BCUT2D eigenvalue weighted by molar-refractivity contribution is -0.164. The zero-order valence-corrected chi connectivity index (χ0v) is 22.0. The predicted molar refractivity (Wildman–Crippen MR) is 138 cm³/mol. The second kappa shape index (κ2) is 10.9. The fraction of sp³-hybridized carbons (Fsp3) is 0.440. The first-order valence-electron chi connectivity index (χ1n) is 11.4. The van der Waals surface area contributed by atoms with Crippen molar-refractivity contribution < 1.29 is 22.7 Å². The third-order valence-electron chi connectivity index (χ3n) is 5.47. The van der Waals surface area contributed by atoms with Crippen molar-refractivity contribution in [2.24, 2.45) is 5.92 Å². The molecule has 35 heavy (non-hydrogen) atoms. The first kappa shape index (κ1) is 26.8. The normalized spacial score (nSPS) is 15.5. The number of hydrogen-bond donors (Lipinski definition) is 1. The number of hydrogen-bond acceptors (Lipinski definition) is 6. The molecule has 3 rings (SSSR count). The monoisotopic (exact) mass is 521 g/mol. The zero-order valence-electron chi connectivity index (χ0n) is 20.5. The van der Waals surface area contributed by atoms with E-state index in [4.69, 9.17) is 16.3 Å². The molecule has 0 aromatic heterocycles. The predicted octanol–water partition coefficient (Wildman–Crippen LogP) is 3.56. The first-order chi connectivity index (χ1) is 16.3. The van der Waals surface area contributed by atoms with Crippen LogP contribution < -0.4 is 9.62 Å². The molecule has 1 aliphatic heterocycles. The van der Waals surface area contributed by atoms with Crippen LogP contribution in [0.2, 0.25) is 5.02 Å². The van der Waals surface area contributed by atoms with Crippen LogP contribution in [0.1, 0.15) is 26.3 Å². The summed E-state index contributed by atoms with van der Waals surface area (Å²) in [5, 5.41) is 0.579. The Balaban J connectivity index is 1.74. The van der Waals surface area contributed by atoms with Crippen molar-refractivity contribution in [3.8, 4) is 0 Å². The Labute approximate surface area is 212 Å². The van der Waals surface area contributed by atoms with E-state index in [1.54, 1.807) is 62.1 Å². The van der Waals surface area contributed by atoms with E-state index >= 15 is 0 Å². The lowest BCUT2D eigenvalue weighted by Crippen LogP contribution is -2.52. The Morgan fingerprint density at radius 1 is 1.03 bits per heavy atom. The number of amides is 1. The third-order valence-corrected chi connectivity index (χ3v) is 6.32. The smallest absolute Gasteiger partial charge is 0.319 e. The molecular weight excluding hydrogens is 490 g/mol. The number of rotatable bonds is 7. The summed E-state index contributed by atoms with van der Waals surface area (Å²) in [7, 11) is -3.43. The van der Waals surface area contributed by atoms with E-state index in [0.717, 1.165) is 17.5 Å². The first-order valence-corrected chi connectivity index (χ1v) is 13.7. The molecule has 1 aliphatic rings. The van der Waals surface area contributed by atoms with Crippen molar-refractivity contribution >= 4 is 44.9 Å². The molecule has 10 heteroatoms. The summed E-state index contributed by atoms with van der Waals surface area (Å²) in [6.45, 7) is 7.10. The summed E-state index contributed by atoms with van der Waals surface area (Å²) < 4.78 is 31.6. The fourth-order valence-electron chi connectivity index (χ4n) is 3.92. The van der Waals surface area contributed by atoms with E-state index in [-0.39, 0.29) is 12.3 Å². The molecular formula is C25H32ClN3O5S. The number of carbonyl (C=O) groups is 2. The lowest BCUT2D eigenvalue weighted by Gasteiger charge is -2.38. The minimum Gasteiger partial charge on any atom is -0.459 e. The van der Waals surface area contributed by atoms with Gasteiger partial charge >= 0.3 is 5.97 Å². The molecule has 1 fully saturated rings. The number of esters is 1. The Morgan fingerprint density at radius 2 is 1.63 bits per heavy atom. The molecule has 190 valence electrons. The summed E-state index contributed by atoms with van der Waals surface area (Å²) in [6.07, 6.45) is 1.32. The van der Waals surface area contributed by atoms with Gasteiger partial charge in [0.2, 0.25) is 15.9 Å². The highest BCUT2D eigenvalue weighted by molar-refractivity contribution is 7.92. The number of benzene rings is 2. The van der Waals surface area contributed by atoms with Crippen LogP contribution in [0.25, 0.3) is 0 Å². The van der Waals surface area contributed by atoms with Gasteiger partial charge in [-0.25, -0.2) is 8.42 Å². The number of nitrogens with zero attached hydrogens (tertiary/aromatic N) is 2. The van der Waals surface area contributed by atoms with Crippen molar-refractivity contribution in [3.05, 3.63) is 59.1 Å². The number of nitrogens with one attached hydrogen (secondary N) is 1. The number of piperazine rings is 1. The van der Waals surface area contributed by atoms with E-state index in [2.05, 4.69) is 4.72 Å². The van der Waals surface area contributed by atoms with Crippen molar-refractivity contribution in [2.75, 3.05) is 42.1 Å². The van der Waals surface area contributed by atoms with E-state index < -0.39 is 27.5 Å². The lowest BCUT2D eigenvalue weighted by atomic mass is 9.97. The third kappa shape index (κ3) is 7.86. The van der Waals surface area contributed by atoms with E-state index in [1.807, 2.05) is 17.0 Å². The highest BCUT2D eigenvalue weighted by Crippen LogP contribution is 2.28. The fourth-order valence-corrected chi connectivity index (χ4v) is 4.62. The van der Waals surface area contributed by atoms with Gasteiger partial charge in [0.25, 0.3) is 0 Å². The van der Waals surface area contributed by atoms with Gasteiger partial charge < -0.3 is 14.5 Å². The van der Waals surface area contributed by atoms with Crippen LogP contribution in [0.5, 0.6) is 0 Å². The maximum Gasteiger partial charge on any atom is 0.319 e. The second-order valence-electron chi connectivity index (χ2n) is 9.62. The quantitative estimate of drug-likeness (QED) is 0.442. The van der Waals surface area contributed by atoms with Crippen LogP contribution in [0.15, 0.2) is 48.5 Å². The topological polar surface area (TPSA) is 96.0 Å². The van der Waals surface area contributed by atoms with E-state index in [1.165, 1.54) is 0 Å². The molecule has 0 spiro atoms. The molecule has 8 nitrogen and oxygen atoms in total. The molecule has 0 aliphatic carbocycles. The Morgan fingerprint density at radius 3 is 2.20 bits per heavy atom.